The van der Waals surface area contributed by atoms with E-state index >= 15 is 0 Å². The number of rotatable bonds is 4. The number of hydrogen-bond acceptors (Lipinski definition) is 6. The van der Waals surface area contributed by atoms with E-state index in [0.717, 1.165) is 19.3 Å². The summed E-state index contributed by atoms with van der Waals surface area (Å²) in [6.07, 6.45) is 1.47. The number of ether oxygens (including phenoxy) is 3. The molecule has 6 atom stereocenters. The second-order valence-electron chi connectivity index (χ2n) is 6.41. The lowest BCUT2D eigenvalue weighted by molar-refractivity contribution is -0.183. The van der Waals surface area contributed by atoms with Gasteiger partial charge < -0.3 is 14.2 Å². The molecule has 0 radical (unpaired) electrons. The molecule has 0 aromatic carbocycles. The van der Waals surface area contributed by atoms with E-state index in [9.17, 15) is 14.4 Å². The van der Waals surface area contributed by atoms with E-state index in [1.165, 1.54) is 6.92 Å². The van der Waals surface area contributed by atoms with Gasteiger partial charge in [-0.15, -0.1) is 11.6 Å². The van der Waals surface area contributed by atoms with Crippen molar-refractivity contribution < 1.29 is 28.6 Å². The van der Waals surface area contributed by atoms with E-state index in [1.54, 1.807) is 0 Å². The fourth-order valence-electron chi connectivity index (χ4n) is 3.94. The van der Waals surface area contributed by atoms with E-state index in [2.05, 4.69) is 0 Å². The molecule has 122 valence electrons. The highest BCUT2D eigenvalue weighted by Crippen LogP contribution is 2.48. The van der Waals surface area contributed by atoms with Gasteiger partial charge in [0.25, 0.3) is 0 Å². The molecule has 0 aromatic heterocycles. The van der Waals surface area contributed by atoms with E-state index in [4.69, 9.17) is 25.8 Å². The molecular weight excluding hydrogens is 312 g/mol. The highest BCUT2D eigenvalue weighted by molar-refractivity contribution is 6.26. The van der Waals surface area contributed by atoms with Crippen LogP contribution in [0.1, 0.15) is 32.6 Å². The average molecular weight is 331 g/mol. The zero-order valence-electron chi connectivity index (χ0n) is 12.3. The lowest BCUT2D eigenvalue weighted by atomic mass is 9.67. The van der Waals surface area contributed by atoms with Gasteiger partial charge in [-0.1, -0.05) is 0 Å². The average Bonchev–Trinajstić information content (AvgIpc) is 2.64. The standard InChI is InChI=1S/C15H19ClO6/c1-7(20-12(17)6-16)14(18)22-13-9-2-8-3-10(5-9)15(19)21-11(13)4-8/h7-11,13H,2-6H2,1H3. The predicted octanol–water partition coefficient (Wildman–Crippen LogP) is 1.43. The molecule has 0 spiro atoms. The van der Waals surface area contributed by atoms with Crippen molar-refractivity contribution in [2.75, 3.05) is 5.88 Å². The van der Waals surface area contributed by atoms with Gasteiger partial charge in [0.1, 0.15) is 18.1 Å². The zero-order valence-corrected chi connectivity index (χ0v) is 13.1. The Bertz CT molecular complexity index is 492. The zero-order chi connectivity index (χ0) is 15.9. The van der Waals surface area contributed by atoms with Crippen molar-refractivity contribution in [2.45, 2.75) is 50.9 Å². The molecular formula is C15H19ClO6. The third-order valence-corrected chi connectivity index (χ3v) is 5.06. The van der Waals surface area contributed by atoms with E-state index in [-0.39, 0.29) is 29.8 Å². The summed E-state index contributed by atoms with van der Waals surface area (Å²) in [7, 11) is 0. The molecule has 0 N–H and O–H groups in total. The van der Waals surface area contributed by atoms with Gasteiger partial charge in [0.15, 0.2) is 6.10 Å². The minimum Gasteiger partial charge on any atom is -0.458 e. The van der Waals surface area contributed by atoms with Gasteiger partial charge in [0.2, 0.25) is 0 Å². The van der Waals surface area contributed by atoms with Crippen molar-refractivity contribution in [2.24, 2.45) is 17.8 Å². The van der Waals surface area contributed by atoms with Crippen molar-refractivity contribution in [1.82, 2.24) is 0 Å². The summed E-state index contributed by atoms with van der Waals surface area (Å²) in [5.41, 5.74) is 0. The molecule has 2 aliphatic carbocycles. The van der Waals surface area contributed by atoms with Crippen LogP contribution >= 0.6 is 11.6 Å². The Morgan fingerprint density at radius 1 is 1.32 bits per heavy atom. The Labute approximate surface area is 133 Å². The first-order valence-corrected chi connectivity index (χ1v) is 8.17. The normalized spacial score (nSPS) is 37.2. The Hall–Kier alpha value is -1.30. The van der Waals surface area contributed by atoms with Crippen LogP contribution in [0.2, 0.25) is 0 Å². The lowest BCUT2D eigenvalue weighted by Crippen LogP contribution is -2.46. The molecule has 4 rings (SSSR count). The number of alkyl halides is 1. The molecule has 4 bridgehead atoms. The molecule has 0 amide bonds. The lowest BCUT2D eigenvalue weighted by Gasteiger charge is -2.41. The summed E-state index contributed by atoms with van der Waals surface area (Å²) < 4.78 is 15.9. The number of esters is 3. The topological polar surface area (TPSA) is 78.9 Å². The molecule has 0 aromatic rings. The molecule has 22 heavy (non-hydrogen) atoms. The summed E-state index contributed by atoms with van der Waals surface area (Å²) >= 11 is 5.34. The second-order valence-corrected chi connectivity index (χ2v) is 6.68. The van der Waals surface area contributed by atoms with Crippen LogP contribution in [-0.4, -0.2) is 42.1 Å². The smallest absolute Gasteiger partial charge is 0.347 e. The minimum absolute atomic E-state index is 0.0658. The fraction of sp³-hybridized carbons (Fsp3) is 0.800. The van der Waals surface area contributed by atoms with Gasteiger partial charge in [-0.05, 0) is 38.5 Å². The van der Waals surface area contributed by atoms with Crippen LogP contribution < -0.4 is 0 Å². The number of carbonyl (C=O) groups is 3. The Balaban J connectivity index is 1.66. The second kappa shape index (κ2) is 6.07. The van der Waals surface area contributed by atoms with Gasteiger partial charge in [0, 0.05) is 5.92 Å². The molecule has 6 nitrogen and oxygen atoms in total. The van der Waals surface area contributed by atoms with Crippen LogP contribution in [0.4, 0.5) is 0 Å². The van der Waals surface area contributed by atoms with E-state index in [0.29, 0.717) is 12.3 Å². The van der Waals surface area contributed by atoms with Crippen LogP contribution in [0.25, 0.3) is 0 Å². The van der Waals surface area contributed by atoms with Crippen LogP contribution in [-0.2, 0) is 28.6 Å². The van der Waals surface area contributed by atoms with Crippen molar-refractivity contribution >= 4 is 29.5 Å². The SMILES string of the molecule is CC(OC(=O)CCl)C(=O)OC1C2CC3CC(C2)C(=O)OC1C3. The van der Waals surface area contributed by atoms with Crippen LogP contribution in [0.15, 0.2) is 0 Å². The molecule has 7 heteroatoms. The predicted molar refractivity (Wildman–Crippen MR) is 75.0 cm³/mol. The maximum atomic E-state index is 12.1. The first kappa shape index (κ1) is 15.6. The van der Waals surface area contributed by atoms with Gasteiger partial charge >= 0.3 is 17.9 Å². The van der Waals surface area contributed by atoms with Crippen LogP contribution in [0, 0.1) is 17.8 Å². The molecule has 4 fully saturated rings. The largest absolute Gasteiger partial charge is 0.458 e. The summed E-state index contributed by atoms with van der Waals surface area (Å²) in [4.78, 5) is 35.2. The third-order valence-electron chi connectivity index (χ3n) is 4.84. The number of carbonyl (C=O) groups excluding carboxylic acids is 3. The molecule has 2 saturated carbocycles. The highest BCUT2D eigenvalue weighted by atomic mass is 35.5. The van der Waals surface area contributed by atoms with Gasteiger partial charge in [-0.2, -0.15) is 0 Å². The monoisotopic (exact) mass is 330 g/mol. The van der Waals surface area contributed by atoms with Gasteiger partial charge in [-0.3, -0.25) is 9.59 Å². The van der Waals surface area contributed by atoms with Crippen molar-refractivity contribution in [3.05, 3.63) is 0 Å². The van der Waals surface area contributed by atoms with Gasteiger partial charge in [-0.25, -0.2) is 4.79 Å². The summed E-state index contributed by atoms with van der Waals surface area (Å²) in [6, 6.07) is 0. The Kier molecular flexibility index (Phi) is 4.30. The summed E-state index contributed by atoms with van der Waals surface area (Å²) in [5, 5.41) is 0. The van der Waals surface area contributed by atoms with E-state index in [1.807, 2.05) is 0 Å². The van der Waals surface area contributed by atoms with Crippen molar-refractivity contribution in [3.8, 4) is 0 Å². The maximum Gasteiger partial charge on any atom is 0.347 e. The fourth-order valence-corrected chi connectivity index (χ4v) is 4.01. The third kappa shape index (κ3) is 2.93. The van der Waals surface area contributed by atoms with Crippen LogP contribution in [0.3, 0.4) is 0 Å². The first-order valence-electron chi connectivity index (χ1n) is 7.64. The summed E-state index contributed by atoms with van der Waals surface area (Å²) in [6.45, 7) is 1.45. The Morgan fingerprint density at radius 3 is 2.82 bits per heavy atom. The summed E-state index contributed by atoms with van der Waals surface area (Å²) in [5.74, 6) is -1.21. The molecule has 4 aliphatic rings. The molecule has 2 aliphatic heterocycles. The Morgan fingerprint density at radius 2 is 2.09 bits per heavy atom. The maximum absolute atomic E-state index is 12.1. The quantitative estimate of drug-likeness (QED) is 0.441. The van der Waals surface area contributed by atoms with E-state index < -0.39 is 24.1 Å². The number of halogens is 1. The molecule has 6 unspecified atom stereocenters. The minimum atomic E-state index is -1.01. The van der Waals surface area contributed by atoms with Crippen molar-refractivity contribution in [1.29, 1.82) is 0 Å². The number of hydrogen-bond donors (Lipinski definition) is 0. The molecule has 2 saturated heterocycles. The van der Waals surface area contributed by atoms with Crippen molar-refractivity contribution in [3.63, 3.8) is 0 Å². The number of fused-ring (bicyclic) bond motifs is 1. The van der Waals surface area contributed by atoms with Gasteiger partial charge in [0.05, 0.1) is 5.92 Å². The highest BCUT2D eigenvalue weighted by Gasteiger charge is 2.51. The molecule has 2 heterocycles. The first-order chi connectivity index (χ1) is 10.5. The van der Waals surface area contributed by atoms with Crippen LogP contribution in [0.5, 0.6) is 0 Å².